The third-order valence-electron chi connectivity index (χ3n) is 6.92. The third kappa shape index (κ3) is 5.02. The van der Waals surface area contributed by atoms with Crippen LogP contribution in [-0.2, 0) is 32.8 Å². The molecule has 2 aromatic carbocycles. The molecule has 0 aromatic heterocycles. The van der Waals surface area contributed by atoms with E-state index in [0.29, 0.717) is 19.1 Å². The Morgan fingerprint density at radius 3 is 2.68 bits per heavy atom. The summed E-state index contributed by atoms with van der Waals surface area (Å²) >= 11 is 0. The standard InChI is InChI=1S/C27H35NO3/c1-4-30-26(29)17-24-16-21-7-5-6-8-25(21)27(31-24)13-11-23(12-14-27)28-18-22-10-9-19(2)15-20(22)3/h5-10,15,23-24,28H,4,11-14,16-18H2,1-3H3/t23?,24-,27?/m1/s1. The van der Waals surface area contributed by atoms with Crippen LogP contribution in [0.1, 0.15) is 66.8 Å². The summed E-state index contributed by atoms with van der Waals surface area (Å²) in [7, 11) is 0. The number of ether oxygens (including phenoxy) is 2. The third-order valence-corrected chi connectivity index (χ3v) is 6.92. The molecule has 1 aliphatic heterocycles. The van der Waals surface area contributed by atoms with E-state index in [9.17, 15) is 4.79 Å². The van der Waals surface area contributed by atoms with E-state index in [1.165, 1.54) is 27.8 Å². The lowest BCUT2D eigenvalue weighted by atomic mass is 9.73. The van der Waals surface area contributed by atoms with Crippen LogP contribution in [0.3, 0.4) is 0 Å². The average molecular weight is 422 g/mol. The van der Waals surface area contributed by atoms with Crippen LogP contribution < -0.4 is 5.32 Å². The minimum atomic E-state index is -0.274. The number of aryl methyl sites for hydroxylation is 2. The Labute approximate surface area is 186 Å². The maximum atomic E-state index is 12.1. The molecule has 1 saturated carbocycles. The zero-order valence-electron chi connectivity index (χ0n) is 19.1. The summed E-state index contributed by atoms with van der Waals surface area (Å²) in [6.07, 6.45) is 5.12. The lowest BCUT2D eigenvalue weighted by molar-refractivity contribution is -0.160. The number of rotatable bonds is 6. The summed E-state index contributed by atoms with van der Waals surface area (Å²) < 4.78 is 11.9. The monoisotopic (exact) mass is 421 g/mol. The molecule has 1 N–H and O–H groups in total. The summed E-state index contributed by atoms with van der Waals surface area (Å²) in [5.41, 5.74) is 6.41. The van der Waals surface area contributed by atoms with Gasteiger partial charge in [-0.05, 0) is 75.1 Å². The number of nitrogens with one attached hydrogen (secondary N) is 1. The van der Waals surface area contributed by atoms with E-state index in [-0.39, 0.29) is 17.7 Å². The molecule has 1 aliphatic carbocycles. The van der Waals surface area contributed by atoms with Gasteiger partial charge in [-0.25, -0.2) is 0 Å². The van der Waals surface area contributed by atoms with E-state index < -0.39 is 0 Å². The van der Waals surface area contributed by atoms with E-state index in [1.54, 1.807) is 0 Å². The van der Waals surface area contributed by atoms with E-state index >= 15 is 0 Å². The summed E-state index contributed by atoms with van der Waals surface area (Å²) in [5.74, 6) is -0.161. The second kappa shape index (κ2) is 9.54. The lowest BCUT2D eigenvalue weighted by Crippen LogP contribution is -2.46. The first-order valence-electron chi connectivity index (χ1n) is 11.7. The normalized spacial score (nSPS) is 25.3. The van der Waals surface area contributed by atoms with Crippen LogP contribution in [0.4, 0.5) is 0 Å². The molecule has 2 aromatic rings. The fourth-order valence-corrected chi connectivity index (χ4v) is 5.31. The Bertz CT molecular complexity index is 914. The Morgan fingerprint density at radius 1 is 1.16 bits per heavy atom. The van der Waals surface area contributed by atoms with Gasteiger partial charge in [-0.15, -0.1) is 0 Å². The zero-order valence-corrected chi connectivity index (χ0v) is 19.1. The van der Waals surface area contributed by atoms with Gasteiger partial charge in [0.1, 0.15) is 0 Å². The molecule has 1 spiro atoms. The van der Waals surface area contributed by atoms with Gasteiger partial charge in [0, 0.05) is 12.6 Å². The zero-order chi connectivity index (χ0) is 21.8. The van der Waals surface area contributed by atoms with E-state index in [2.05, 4.69) is 61.6 Å². The molecule has 166 valence electrons. The number of carbonyl (C=O) groups excluding carboxylic acids is 1. The predicted octanol–water partition coefficient (Wildman–Crippen LogP) is 5.13. The fraction of sp³-hybridized carbons (Fsp3) is 0.519. The van der Waals surface area contributed by atoms with Crippen LogP contribution >= 0.6 is 0 Å². The SMILES string of the molecule is CCOC(=O)C[C@H]1Cc2ccccc2C2(CCC(NCc3ccc(C)cc3C)CC2)O1. The smallest absolute Gasteiger partial charge is 0.308 e. The van der Waals surface area contributed by atoms with Gasteiger partial charge >= 0.3 is 5.97 Å². The highest BCUT2D eigenvalue weighted by Crippen LogP contribution is 2.46. The molecule has 4 rings (SSSR count). The number of hydrogen-bond acceptors (Lipinski definition) is 4. The van der Waals surface area contributed by atoms with Crippen molar-refractivity contribution < 1.29 is 14.3 Å². The molecule has 0 unspecified atom stereocenters. The molecule has 1 atom stereocenters. The van der Waals surface area contributed by atoms with Crippen LogP contribution in [0.25, 0.3) is 0 Å². The highest BCUT2D eigenvalue weighted by Gasteiger charge is 2.44. The fourth-order valence-electron chi connectivity index (χ4n) is 5.31. The van der Waals surface area contributed by atoms with Crippen molar-refractivity contribution in [2.24, 2.45) is 0 Å². The molecule has 2 aliphatic rings. The molecule has 4 nitrogen and oxygen atoms in total. The van der Waals surface area contributed by atoms with Gasteiger partial charge in [0.25, 0.3) is 0 Å². The van der Waals surface area contributed by atoms with E-state index in [4.69, 9.17) is 9.47 Å². The maximum Gasteiger partial charge on any atom is 0.308 e. The van der Waals surface area contributed by atoms with Gasteiger partial charge in [-0.3, -0.25) is 4.79 Å². The van der Waals surface area contributed by atoms with Crippen LogP contribution in [0.5, 0.6) is 0 Å². The molecule has 1 heterocycles. The largest absolute Gasteiger partial charge is 0.466 e. The molecule has 31 heavy (non-hydrogen) atoms. The predicted molar refractivity (Wildman–Crippen MR) is 123 cm³/mol. The van der Waals surface area contributed by atoms with Crippen LogP contribution in [-0.4, -0.2) is 24.7 Å². The van der Waals surface area contributed by atoms with Crippen molar-refractivity contribution in [3.8, 4) is 0 Å². The van der Waals surface area contributed by atoms with Gasteiger partial charge in [0.2, 0.25) is 0 Å². The first-order valence-corrected chi connectivity index (χ1v) is 11.7. The molecule has 1 fully saturated rings. The van der Waals surface area contributed by atoms with Crippen LogP contribution in [0.15, 0.2) is 42.5 Å². The summed E-state index contributed by atoms with van der Waals surface area (Å²) in [6, 6.07) is 15.8. The van der Waals surface area contributed by atoms with Crippen molar-refractivity contribution in [3.05, 3.63) is 70.3 Å². The Morgan fingerprint density at radius 2 is 1.94 bits per heavy atom. The second-order valence-electron chi connectivity index (χ2n) is 9.19. The van der Waals surface area contributed by atoms with Gasteiger partial charge in [0.15, 0.2) is 0 Å². The molecule has 0 amide bonds. The Balaban J connectivity index is 1.42. The number of hydrogen-bond donors (Lipinski definition) is 1. The topological polar surface area (TPSA) is 47.6 Å². The van der Waals surface area contributed by atoms with Crippen molar-refractivity contribution in [2.45, 2.75) is 83.6 Å². The molecule has 0 bridgehead atoms. The molecular formula is C27H35NO3. The second-order valence-corrected chi connectivity index (χ2v) is 9.19. The molecule has 0 radical (unpaired) electrons. The molecule has 4 heteroatoms. The molecular weight excluding hydrogens is 386 g/mol. The number of carbonyl (C=O) groups is 1. The minimum Gasteiger partial charge on any atom is -0.466 e. The van der Waals surface area contributed by atoms with Gasteiger partial charge < -0.3 is 14.8 Å². The average Bonchev–Trinajstić information content (AvgIpc) is 2.75. The van der Waals surface area contributed by atoms with E-state index in [0.717, 1.165) is 38.6 Å². The quantitative estimate of drug-likeness (QED) is 0.657. The number of fused-ring (bicyclic) bond motifs is 2. The van der Waals surface area contributed by atoms with Crippen LogP contribution in [0.2, 0.25) is 0 Å². The van der Waals surface area contributed by atoms with Crippen molar-refractivity contribution in [1.29, 1.82) is 0 Å². The Kier molecular flexibility index (Phi) is 6.78. The highest BCUT2D eigenvalue weighted by atomic mass is 16.5. The summed E-state index contributed by atoms with van der Waals surface area (Å²) in [5, 5.41) is 3.77. The van der Waals surface area contributed by atoms with Crippen molar-refractivity contribution >= 4 is 5.97 Å². The first-order chi connectivity index (χ1) is 15.0. The molecule has 0 saturated heterocycles. The summed E-state index contributed by atoms with van der Waals surface area (Å²) in [4.78, 5) is 12.1. The van der Waals surface area contributed by atoms with Crippen molar-refractivity contribution in [1.82, 2.24) is 5.32 Å². The summed E-state index contributed by atoms with van der Waals surface area (Å²) in [6.45, 7) is 7.51. The van der Waals surface area contributed by atoms with Crippen molar-refractivity contribution in [2.75, 3.05) is 6.61 Å². The maximum absolute atomic E-state index is 12.1. The Hall–Kier alpha value is -2.17. The van der Waals surface area contributed by atoms with Gasteiger partial charge in [-0.1, -0.05) is 48.0 Å². The van der Waals surface area contributed by atoms with E-state index in [1.807, 2.05) is 6.92 Å². The van der Waals surface area contributed by atoms with Gasteiger partial charge in [-0.2, -0.15) is 0 Å². The number of esters is 1. The minimum absolute atomic E-state index is 0.103. The number of benzene rings is 2. The van der Waals surface area contributed by atoms with Crippen LogP contribution in [0, 0.1) is 13.8 Å². The van der Waals surface area contributed by atoms with Gasteiger partial charge in [0.05, 0.1) is 24.7 Å². The van der Waals surface area contributed by atoms with Crippen molar-refractivity contribution in [3.63, 3.8) is 0 Å². The first kappa shape index (κ1) is 22.0. The highest BCUT2D eigenvalue weighted by molar-refractivity contribution is 5.70. The lowest BCUT2D eigenvalue weighted by Gasteiger charge is -2.46.